The fourth-order valence-corrected chi connectivity index (χ4v) is 2.06. The Kier molecular flexibility index (Phi) is 4.15. The molecule has 0 spiro atoms. The molecule has 0 bridgehead atoms. The number of carbonyl (C=O) groups is 1. The van der Waals surface area contributed by atoms with Crippen LogP contribution in [0, 0.1) is 0 Å². The standard InChI is InChI=1S/C15H14ClNO3/c1-17(12-8-3-4-9-13(12)20-2)15(19)10-6-5-7-11(16)14(10)18/h3-9,18H,1-2H3. The molecule has 4 nitrogen and oxygen atoms in total. The van der Waals surface area contributed by atoms with Gasteiger partial charge in [-0.1, -0.05) is 29.8 Å². The van der Waals surface area contributed by atoms with Gasteiger partial charge < -0.3 is 14.7 Å². The molecule has 0 fully saturated rings. The van der Waals surface area contributed by atoms with Crippen molar-refractivity contribution in [2.24, 2.45) is 0 Å². The molecule has 0 aromatic heterocycles. The van der Waals surface area contributed by atoms with E-state index in [4.69, 9.17) is 16.3 Å². The van der Waals surface area contributed by atoms with Crippen LogP contribution >= 0.6 is 11.6 Å². The molecule has 0 heterocycles. The van der Waals surface area contributed by atoms with Gasteiger partial charge in [0.05, 0.1) is 23.4 Å². The van der Waals surface area contributed by atoms with E-state index in [1.165, 1.54) is 24.1 Å². The first-order valence-electron chi connectivity index (χ1n) is 5.94. The van der Waals surface area contributed by atoms with E-state index >= 15 is 0 Å². The van der Waals surface area contributed by atoms with Crippen LogP contribution in [0.5, 0.6) is 11.5 Å². The number of para-hydroxylation sites is 3. The number of benzene rings is 2. The minimum absolute atomic E-state index is 0.143. The van der Waals surface area contributed by atoms with Crippen LogP contribution in [0.3, 0.4) is 0 Å². The normalized spacial score (nSPS) is 10.2. The largest absolute Gasteiger partial charge is 0.506 e. The Morgan fingerprint density at radius 2 is 1.90 bits per heavy atom. The molecule has 20 heavy (non-hydrogen) atoms. The molecule has 5 heteroatoms. The van der Waals surface area contributed by atoms with Crippen LogP contribution in [0.25, 0.3) is 0 Å². The Hall–Kier alpha value is -2.20. The Bertz CT molecular complexity index is 643. The van der Waals surface area contributed by atoms with Gasteiger partial charge >= 0.3 is 0 Å². The number of aromatic hydroxyl groups is 1. The third kappa shape index (κ3) is 2.56. The van der Waals surface area contributed by atoms with Crippen LogP contribution in [-0.4, -0.2) is 25.2 Å². The Morgan fingerprint density at radius 1 is 1.20 bits per heavy atom. The molecule has 0 radical (unpaired) electrons. The average Bonchev–Trinajstić information content (AvgIpc) is 2.48. The molecule has 1 amide bonds. The second kappa shape index (κ2) is 5.84. The Morgan fingerprint density at radius 3 is 2.60 bits per heavy atom. The van der Waals surface area contributed by atoms with Gasteiger partial charge in [0.2, 0.25) is 0 Å². The molecule has 0 saturated carbocycles. The molecule has 0 saturated heterocycles. The van der Waals surface area contributed by atoms with Crippen LogP contribution in [0.4, 0.5) is 5.69 Å². The first-order valence-corrected chi connectivity index (χ1v) is 6.32. The number of phenolic OH excluding ortho intramolecular Hbond substituents is 1. The molecule has 2 rings (SSSR count). The van der Waals surface area contributed by atoms with Crippen molar-refractivity contribution in [3.8, 4) is 11.5 Å². The van der Waals surface area contributed by atoms with Gasteiger partial charge in [-0.15, -0.1) is 0 Å². The van der Waals surface area contributed by atoms with Crippen molar-refractivity contribution in [2.75, 3.05) is 19.1 Å². The molecule has 1 N–H and O–H groups in total. The molecule has 0 aliphatic heterocycles. The van der Waals surface area contributed by atoms with Gasteiger partial charge in [-0.25, -0.2) is 0 Å². The number of methoxy groups -OCH3 is 1. The van der Waals surface area contributed by atoms with E-state index in [1.54, 1.807) is 31.3 Å². The fraction of sp³-hybridized carbons (Fsp3) is 0.133. The summed E-state index contributed by atoms with van der Waals surface area (Å²) in [5.74, 6) is -0.0136. The summed E-state index contributed by atoms with van der Waals surface area (Å²) in [6.07, 6.45) is 0. The summed E-state index contributed by atoms with van der Waals surface area (Å²) in [4.78, 5) is 13.8. The van der Waals surface area contributed by atoms with Gasteiger partial charge in [0.1, 0.15) is 11.5 Å². The van der Waals surface area contributed by atoms with Gasteiger partial charge in [-0.3, -0.25) is 4.79 Å². The number of amides is 1. The van der Waals surface area contributed by atoms with Crippen molar-refractivity contribution in [1.29, 1.82) is 0 Å². The highest BCUT2D eigenvalue weighted by molar-refractivity contribution is 6.32. The molecular formula is C15H14ClNO3. The van der Waals surface area contributed by atoms with Crippen LogP contribution in [0.15, 0.2) is 42.5 Å². The van der Waals surface area contributed by atoms with Gasteiger partial charge in [0.15, 0.2) is 0 Å². The summed E-state index contributed by atoms with van der Waals surface area (Å²) in [6.45, 7) is 0. The van der Waals surface area contributed by atoms with Crippen LogP contribution in [0.1, 0.15) is 10.4 Å². The maximum atomic E-state index is 12.4. The van der Waals surface area contributed by atoms with Crippen molar-refractivity contribution in [3.05, 3.63) is 53.1 Å². The number of halogens is 1. The zero-order valence-corrected chi connectivity index (χ0v) is 11.9. The molecule has 0 atom stereocenters. The minimum Gasteiger partial charge on any atom is -0.506 e. The van der Waals surface area contributed by atoms with E-state index in [9.17, 15) is 9.90 Å². The molecule has 0 unspecified atom stereocenters. The fourth-order valence-electron chi connectivity index (χ4n) is 1.88. The van der Waals surface area contributed by atoms with Gasteiger partial charge in [-0.05, 0) is 24.3 Å². The number of ether oxygens (including phenoxy) is 1. The first kappa shape index (κ1) is 14.2. The predicted octanol–water partition coefficient (Wildman–Crippen LogP) is 3.33. The van der Waals surface area contributed by atoms with Crippen molar-refractivity contribution in [1.82, 2.24) is 0 Å². The second-order valence-electron chi connectivity index (χ2n) is 4.17. The molecule has 104 valence electrons. The van der Waals surface area contributed by atoms with Crippen molar-refractivity contribution in [2.45, 2.75) is 0 Å². The first-order chi connectivity index (χ1) is 9.56. The van der Waals surface area contributed by atoms with E-state index in [1.807, 2.05) is 6.07 Å². The van der Waals surface area contributed by atoms with Crippen molar-refractivity contribution >= 4 is 23.2 Å². The quantitative estimate of drug-likeness (QED) is 0.943. The molecule has 0 aliphatic carbocycles. The predicted molar refractivity (Wildman–Crippen MR) is 78.8 cm³/mol. The summed E-state index contributed by atoms with van der Waals surface area (Å²) in [5.41, 5.74) is 0.755. The summed E-state index contributed by atoms with van der Waals surface area (Å²) in [5, 5.41) is 10.0. The van der Waals surface area contributed by atoms with Crippen LogP contribution in [-0.2, 0) is 0 Å². The lowest BCUT2D eigenvalue weighted by atomic mass is 10.1. The number of phenols is 1. The van der Waals surface area contributed by atoms with E-state index in [0.717, 1.165) is 0 Å². The zero-order valence-electron chi connectivity index (χ0n) is 11.1. The van der Waals surface area contributed by atoms with Crippen LogP contribution in [0.2, 0.25) is 5.02 Å². The van der Waals surface area contributed by atoms with Gasteiger partial charge in [0, 0.05) is 7.05 Å². The molecular weight excluding hydrogens is 278 g/mol. The number of rotatable bonds is 3. The summed E-state index contributed by atoms with van der Waals surface area (Å²) in [7, 11) is 3.15. The topological polar surface area (TPSA) is 49.8 Å². The van der Waals surface area contributed by atoms with E-state index in [0.29, 0.717) is 11.4 Å². The molecule has 0 aliphatic rings. The number of nitrogens with zero attached hydrogens (tertiary/aromatic N) is 1. The van der Waals surface area contributed by atoms with Gasteiger partial charge in [-0.2, -0.15) is 0 Å². The second-order valence-corrected chi connectivity index (χ2v) is 4.58. The average molecular weight is 292 g/mol. The van der Waals surface area contributed by atoms with E-state index in [2.05, 4.69) is 0 Å². The minimum atomic E-state index is -0.366. The Labute approximate surface area is 122 Å². The van der Waals surface area contributed by atoms with E-state index in [-0.39, 0.29) is 22.2 Å². The zero-order chi connectivity index (χ0) is 14.7. The lowest BCUT2D eigenvalue weighted by Gasteiger charge is -2.20. The highest BCUT2D eigenvalue weighted by Gasteiger charge is 2.20. The summed E-state index contributed by atoms with van der Waals surface area (Å²) in [6, 6.07) is 11.8. The summed E-state index contributed by atoms with van der Waals surface area (Å²) >= 11 is 5.82. The van der Waals surface area contributed by atoms with E-state index < -0.39 is 0 Å². The highest BCUT2D eigenvalue weighted by Crippen LogP contribution is 2.31. The molecule has 2 aromatic rings. The lowest BCUT2D eigenvalue weighted by molar-refractivity contribution is 0.0990. The smallest absolute Gasteiger partial charge is 0.261 e. The maximum absolute atomic E-state index is 12.4. The highest BCUT2D eigenvalue weighted by atomic mass is 35.5. The number of carbonyl (C=O) groups excluding carboxylic acids is 1. The number of anilines is 1. The SMILES string of the molecule is COc1ccccc1N(C)C(=O)c1cccc(Cl)c1O. The van der Waals surface area contributed by atoms with Crippen molar-refractivity contribution in [3.63, 3.8) is 0 Å². The lowest BCUT2D eigenvalue weighted by Crippen LogP contribution is -2.26. The monoisotopic (exact) mass is 291 g/mol. The number of hydrogen-bond donors (Lipinski definition) is 1. The number of hydrogen-bond acceptors (Lipinski definition) is 3. The third-order valence-corrected chi connectivity index (χ3v) is 3.27. The maximum Gasteiger partial charge on any atom is 0.261 e. The van der Waals surface area contributed by atoms with Gasteiger partial charge in [0.25, 0.3) is 5.91 Å². The third-order valence-electron chi connectivity index (χ3n) is 2.97. The Balaban J connectivity index is 2.40. The van der Waals surface area contributed by atoms with Crippen molar-refractivity contribution < 1.29 is 14.6 Å². The summed E-state index contributed by atoms with van der Waals surface area (Å²) < 4.78 is 5.22. The molecule has 2 aromatic carbocycles. The van der Waals surface area contributed by atoms with Crippen LogP contribution < -0.4 is 9.64 Å².